The normalized spacial score (nSPS) is 12.2. The predicted molar refractivity (Wildman–Crippen MR) is 72.1 cm³/mol. The molecular weight excluding hydrogens is 282 g/mol. The summed E-state index contributed by atoms with van der Waals surface area (Å²) in [6, 6.07) is 5.62. The molecule has 0 radical (unpaired) electrons. The van der Waals surface area contributed by atoms with Gasteiger partial charge in [-0.15, -0.1) is 0 Å². The lowest BCUT2D eigenvalue weighted by molar-refractivity contribution is 0.0949. The van der Waals surface area contributed by atoms with Gasteiger partial charge < -0.3 is 10.4 Å². The summed E-state index contributed by atoms with van der Waals surface area (Å²) in [7, 11) is 0. The van der Waals surface area contributed by atoms with Crippen LogP contribution in [-0.2, 0) is 0 Å². The van der Waals surface area contributed by atoms with Crippen LogP contribution in [0.2, 0.25) is 0 Å². The van der Waals surface area contributed by atoms with E-state index >= 15 is 0 Å². The molecule has 0 aliphatic rings. The Hall–Kier alpha value is -0.870. The number of amides is 1. The molecule has 0 spiro atoms. The van der Waals surface area contributed by atoms with Crippen LogP contribution in [0.5, 0.6) is 0 Å². The van der Waals surface area contributed by atoms with Crippen LogP contribution in [0.1, 0.15) is 35.7 Å². The third-order valence-corrected chi connectivity index (χ3v) is 2.85. The summed E-state index contributed by atoms with van der Waals surface area (Å²) in [5.74, 6) is -0.0695. The maximum Gasteiger partial charge on any atom is 0.251 e. The van der Waals surface area contributed by atoms with Crippen molar-refractivity contribution in [3.8, 4) is 0 Å². The fraction of sp³-hybridized carbons (Fsp3) is 0.462. The van der Waals surface area contributed by atoms with Gasteiger partial charge in [-0.3, -0.25) is 4.79 Å². The second-order valence-electron chi connectivity index (χ2n) is 4.26. The molecule has 2 N–H and O–H groups in total. The molecule has 0 aliphatic carbocycles. The van der Waals surface area contributed by atoms with E-state index in [2.05, 4.69) is 21.2 Å². The van der Waals surface area contributed by atoms with E-state index in [-0.39, 0.29) is 12.0 Å². The number of halogens is 1. The van der Waals surface area contributed by atoms with E-state index in [4.69, 9.17) is 5.11 Å². The Balaban J connectivity index is 2.47. The van der Waals surface area contributed by atoms with Crippen molar-refractivity contribution in [3.05, 3.63) is 33.8 Å². The molecule has 0 bridgehead atoms. The second kappa shape index (κ2) is 6.77. The van der Waals surface area contributed by atoms with E-state index in [1.54, 1.807) is 13.0 Å². The molecule has 17 heavy (non-hydrogen) atoms. The second-order valence-corrected chi connectivity index (χ2v) is 5.18. The SMILES string of the molecule is Cc1cc(Br)cc(C(=O)NCCCC(C)O)c1. The van der Waals surface area contributed by atoms with Crippen molar-refractivity contribution in [1.82, 2.24) is 5.32 Å². The summed E-state index contributed by atoms with van der Waals surface area (Å²) < 4.78 is 0.909. The predicted octanol–water partition coefficient (Wildman–Crippen LogP) is 2.65. The molecule has 4 heteroatoms. The molecule has 1 amide bonds. The van der Waals surface area contributed by atoms with E-state index in [0.717, 1.165) is 16.5 Å². The van der Waals surface area contributed by atoms with Gasteiger partial charge >= 0.3 is 0 Å². The lowest BCUT2D eigenvalue weighted by atomic mass is 10.1. The van der Waals surface area contributed by atoms with Crippen LogP contribution in [0.4, 0.5) is 0 Å². The molecule has 0 aromatic heterocycles. The number of carbonyl (C=O) groups excluding carboxylic acids is 1. The van der Waals surface area contributed by atoms with Crippen LogP contribution < -0.4 is 5.32 Å². The van der Waals surface area contributed by atoms with Crippen molar-refractivity contribution in [2.24, 2.45) is 0 Å². The number of aliphatic hydroxyl groups excluding tert-OH is 1. The summed E-state index contributed by atoms with van der Waals surface area (Å²) in [6.45, 7) is 4.30. The fourth-order valence-corrected chi connectivity index (χ4v) is 2.18. The third-order valence-electron chi connectivity index (χ3n) is 2.39. The molecule has 1 atom stereocenters. The fourth-order valence-electron chi connectivity index (χ4n) is 1.57. The van der Waals surface area contributed by atoms with Crippen molar-refractivity contribution in [1.29, 1.82) is 0 Å². The maximum absolute atomic E-state index is 11.8. The zero-order valence-corrected chi connectivity index (χ0v) is 11.8. The first kappa shape index (κ1) is 14.2. The topological polar surface area (TPSA) is 49.3 Å². The summed E-state index contributed by atoms with van der Waals surface area (Å²) in [5, 5.41) is 11.9. The number of hydrogen-bond donors (Lipinski definition) is 2. The first-order valence-corrected chi connectivity index (χ1v) is 6.52. The lowest BCUT2D eigenvalue weighted by Crippen LogP contribution is -2.25. The average molecular weight is 300 g/mol. The molecule has 1 aromatic carbocycles. The van der Waals surface area contributed by atoms with Gasteiger partial charge in [0.25, 0.3) is 5.91 Å². The van der Waals surface area contributed by atoms with Crippen molar-refractivity contribution >= 4 is 21.8 Å². The van der Waals surface area contributed by atoms with Gasteiger partial charge in [-0.2, -0.15) is 0 Å². The largest absolute Gasteiger partial charge is 0.393 e. The average Bonchev–Trinajstić information content (AvgIpc) is 2.22. The number of hydrogen-bond acceptors (Lipinski definition) is 2. The van der Waals surface area contributed by atoms with E-state index in [1.807, 2.05) is 19.1 Å². The Morgan fingerprint density at radius 2 is 2.18 bits per heavy atom. The highest BCUT2D eigenvalue weighted by Gasteiger charge is 2.06. The van der Waals surface area contributed by atoms with Crippen molar-refractivity contribution < 1.29 is 9.90 Å². The highest BCUT2D eigenvalue weighted by Crippen LogP contribution is 2.15. The van der Waals surface area contributed by atoms with Gasteiger partial charge in [0.15, 0.2) is 0 Å². The smallest absolute Gasteiger partial charge is 0.251 e. The Kier molecular flexibility index (Phi) is 5.65. The Morgan fingerprint density at radius 1 is 1.47 bits per heavy atom. The first-order chi connectivity index (χ1) is 7.99. The van der Waals surface area contributed by atoms with Gasteiger partial charge in [-0.05, 0) is 50.5 Å². The minimum Gasteiger partial charge on any atom is -0.393 e. The summed E-state index contributed by atoms with van der Waals surface area (Å²) in [5.41, 5.74) is 1.71. The Morgan fingerprint density at radius 3 is 2.76 bits per heavy atom. The molecule has 0 saturated heterocycles. The van der Waals surface area contributed by atoms with E-state index in [1.165, 1.54) is 0 Å². The molecule has 3 nitrogen and oxygen atoms in total. The van der Waals surface area contributed by atoms with Crippen molar-refractivity contribution in [2.45, 2.75) is 32.8 Å². The summed E-state index contributed by atoms with van der Waals surface area (Å²) in [6.07, 6.45) is 1.19. The van der Waals surface area contributed by atoms with Crippen LogP contribution in [0.3, 0.4) is 0 Å². The van der Waals surface area contributed by atoms with Crippen molar-refractivity contribution in [2.75, 3.05) is 6.54 Å². The lowest BCUT2D eigenvalue weighted by Gasteiger charge is -2.07. The molecule has 0 saturated carbocycles. The molecule has 0 aliphatic heterocycles. The number of carbonyl (C=O) groups is 1. The molecule has 0 heterocycles. The van der Waals surface area contributed by atoms with Crippen LogP contribution in [0, 0.1) is 6.92 Å². The van der Waals surface area contributed by atoms with E-state index < -0.39 is 0 Å². The van der Waals surface area contributed by atoms with Gasteiger partial charge in [-0.25, -0.2) is 0 Å². The standard InChI is InChI=1S/C13H18BrNO2/c1-9-6-11(8-12(14)7-9)13(17)15-5-3-4-10(2)16/h6-8,10,16H,3-5H2,1-2H3,(H,15,17). The Labute approximate surface area is 110 Å². The highest BCUT2D eigenvalue weighted by molar-refractivity contribution is 9.10. The van der Waals surface area contributed by atoms with Crippen LogP contribution in [0.25, 0.3) is 0 Å². The molecule has 1 rings (SSSR count). The van der Waals surface area contributed by atoms with E-state index in [9.17, 15) is 4.79 Å². The molecule has 0 fully saturated rings. The van der Waals surface area contributed by atoms with Gasteiger partial charge in [0, 0.05) is 16.6 Å². The summed E-state index contributed by atoms with van der Waals surface area (Å²) in [4.78, 5) is 11.8. The molecule has 1 aromatic rings. The quantitative estimate of drug-likeness (QED) is 0.821. The molecule has 94 valence electrons. The maximum atomic E-state index is 11.8. The number of rotatable bonds is 5. The number of aliphatic hydroxyl groups is 1. The zero-order valence-electron chi connectivity index (χ0n) is 10.2. The first-order valence-electron chi connectivity index (χ1n) is 5.72. The number of nitrogens with one attached hydrogen (secondary N) is 1. The minimum absolute atomic E-state index is 0.0695. The monoisotopic (exact) mass is 299 g/mol. The summed E-state index contributed by atoms with van der Waals surface area (Å²) >= 11 is 3.37. The Bertz CT molecular complexity index is 371. The third kappa shape index (κ3) is 5.33. The van der Waals surface area contributed by atoms with Crippen LogP contribution in [-0.4, -0.2) is 23.7 Å². The molecule has 1 unspecified atom stereocenters. The van der Waals surface area contributed by atoms with Crippen LogP contribution in [0.15, 0.2) is 22.7 Å². The zero-order chi connectivity index (χ0) is 12.8. The number of aryl methyl sites for hydroxylation is 1. The minimum atomic E-state index is -0.306. The van der Waals surface area contributed by atoms with Crippen molar-refractivity contribution in [3.63, 3.8) is 0 Å². The highest BCUT2D eigenvalue weighted by atomic mass is 79.9. The van der Waals surface area contributed by atoms with Gasteiger partial charge in [0.05, 0.1) is 6.10 Å². The van der Waals surface area contributed by atoms with Crippen LogP contribution >= 0.6 is 15.9 Å². The van der Waals surface area contributed by atoms with Gasteiger partial charge in [0.2, 0.25) is 0 Å². The van der Waals surface area contributed by atoms with Gasteiger partial charge in [0.1, 0.15) is 0 Å². The number of benzene rings is 1. The van der Waals surface area contributed by atoms with E-state index in [0.29, 0.717) is 18.5 Å². The van der Waals surface area contributed by atoms with Gasteiger partial charge in [-0.1, -0.05) is 15.9 Å². The molecular formula is C13H18BrNO2.